The molecule has 0 radical (unpaired) electrons. The molecule has 0 aliphatic carbocycles. The van der Waals surface area contributed by atoms with Gasteiger partial charge in [-0.1, -0.05) is 13.3 Å². The summed E-state index contributed by atoms with van der Waals surface area (Å²) in [5.41, 5.74) is 6.77. The van der Waals surface area contributed by atoms with Gasteiger partial charge >= 0.3 is 0 Å². The lowest BCUT2D eigenvalue weighted by Crippen LogP contribution is -2.47. The van der Waals surface area contributed by atoms with Gasteiger partial charge in [-0.15, -0.1) is 10.2 Å². The molecule has 2 unspecified atom stereocenters. The Morgan fingerprint density at radius 2 is 2.37 bits per heavy atom. The Hall–Kier alpha value is -1.69. The van der Waals surface area contributed by atoms with Crippen molar-refractivity contribution in [2.75, 3.05) is 18.0 Å². The molecule has 0 spiro atoms. The number of aromatic nitrogens is 4. The molecule has 1 aliphatic heterocycles. The van der Waals surface area contributed by atoms with Crippen molar-refractivity contribution in [2.45, 2.75) is 32.2 Å². The van der Waals surface area contributed by atoms with Crippen molar-refractivity contribution >= 4 is 11.5 Å². The summed E-state index contributed by atoms with van der Waals surface area (Å²) in [6.45, 7) is 3.92. The van der Waals surface area contributed by atoms with E-state index in [9.17, 15) is 0 Å². The smallest absolute Gasteiger partial charge is 0.203 e. The Morgan fingerprint density at radius 1 is 1.47 bits per heavy atom. The van der Waals surface area contributed by atoms with E-state index in [1.54, 1.807) is 12.5 Å². The normalized spacial score (nSPS) is 24.0. The predicted octanol–water partition coefficient (Wildman–Crippen LogP) is 1.08. The first kappa shape index (κ1) is 12.3. The summed E-state index contributed by atoms with van der Waals surface area (Å²) in [5, 5.41) is 8.12. The van der Waals surface area contributed by atoms with Crippen molar-refractivity contribution < 1.29 is 0 Å². The van der Waals surface area contributed by atoms with Gasteiger partial charge in [0.15, 0.2) is 5.82 Å². The van der Waals surface area contributed by atoms with Crippen LogP contribution in [0.2, 0.25) is 0 Å². The van der Waals surface area contributed by atoms with Crippen LogP contribution in [-0.4, -0.2) is 38.7 Å². The summed E-state index contributed by atoms with van der Waals surface area (Å²) in [6.07, 6.45) is 8.94. The van der Waals surface area contributed by atoms with Crippen molar-refractivity contribution in [1.82, 2.24) is 19.6 Å². The zero-order valence-corrected chi connectivity index (χ0v) is 11.2. The van der Waals surface area contributed by atoms with Gasteiger partial charge < -0.3 is 10.6 Å². The number of anilines is 1. The van der Waals surface area contributed by atoms with E-state index in [1.807, 2.05) is 10.6 Å². The molecule has 2 N–H and O–H groups in total. The fraction of sp³-hybridized carbons (Fsp3) is 0.615. The minimum atomic E-state index is 0.356. The van der Waals surface area contributed by atoms with E-state index in [2.05, 4.69) is 27.0 Å². The van der Waals surface area contributed by atoms with Gasteiger partial charge in [0.1, 0.15) is 6.33 Å². The summed E-state index contributed by atoms with van der Waals surface area (Å²) in [4.78, 5) is 6.80. The van der Waals surface area contributed by atoms with Gasteiger partial charge in [0, 0.05) is 31.5 Å². The standard InChI is InChI=1S/C13H20N6/c1-2-10-3-5-19(11(7-10)8-14)12-13-17-16-9-18(13)6-4-15-12/h4,6,9-11H,2-3,5,7-8,14H2,1H3. The number of fused-ring (bicyclic) bond motifs is 1. The zero-order chi connectivity index (χ0) is 13.2. The molecular weight excluding hydrogens is 240 g/mol. The van der Waals surface area contributed by atoms with Crippen LogP contribution < -0.4 is 10.6 Å². The lowest BCUT2D eigenvalue weighted by atomic mass is 9.89. The molecular formula is C13H20N6. The highest BCUT2D eigenvalue weighted by molar-refractivity contribution is 5.64. The molecule has 0 saturated carbocycles. The van der Waals surface area contributed by atoms with E-state index in [0.29, 0.717) is 12.6 Å². The van der Waals surface area contributed by atoms with E-state index in [-0.39, 0.29) is 0 Å². The summed E-state index contributed by atoms with van der Waals surface area (Å²) in [6, 6.07) is 0.356. The summed E-state index contributed by atoms with van der Waals surface area (Å²) >= 11 is 0. The van der Waals surface area contributed by atoms with Gasteiger partial charge in [-0.2, -0.15) is 0 Å². The third-order valence-corrected chi connectivity index (χ3v) is 4.14. The molecule has 0 bridgehead atoms. The van der Waals surface area contributed by atoms with Gasteiger partial charge in [0.25, 0.3) is 0 Å². The van der Waals surface area contributed by atoms with Gasteiger partial charge in [-0.3, -0.25) is 4.40 Å². The molecule has 102 valence electrons. The molecule has 1 saturated heterocycles. The van der Waals surface area contributed by atoms with Gasteiger partial charge in [-0.05, 0) is 18.8 Å². The van der Waals surface area contributed by atoms with Crippen molar-refractivity contribution in [3.8, 4) is 0 Å². The van der Waals surface area contributed by atoms with E-state index in [0.717, 1.165) is 30.3 Å². The molecule has 6 heteroatoms. The van der Waals surface area contributed by atoms with E-state index in [1.165, 1.54) is 12.8 Å². The summed E-state index contributed by atoms with van der Waals surface area (Å²) in [5.74, 6) is 1.69. The zero-order valence-electron chi connectivity index (χ0n) is 11.2. The first-order valence-electron chi connectivity index (χ1n) is 6.94. The molecule has 19 heavy (non-hydrogen) atoms. The fourth-order valence-corrected chi connectivity index (χ4v) is 2.96. The quantitative estimate of drug-likeness (QED) is 0.894. The van der Waals surface area contributed by atoms with Crippen molar-refractivity contribution in [1.29, 1.82) is 0 Å². The molecule has 0 amide bonds. The van der Waals surface area contributed by atoms with Crippen molar-refractivity contribution in [2.24, 2.45) is 11.7 Å². The second kappa shape index (κ2) is 5.13. The monoisotopic (exact) mass is 260 g/mol. The Kier molecular flexibility index (Phi) is 3.33. The number of hydrogen-bond donors (Lipinski definition) is 1. The Labute approximate surface area is 112 Å². The molecule has 1 fully saturated rings. The third kappa shape index (κ3) is 2.16. The molecule has 1 aliphatic rings. The Balaban J connectivity index is 1.94. The van der Waals surface area contributed by atoms with E-state index >= 15 is 0 Å². The molecule has 2 aromatic rings. The summed E-state index contributed by atoms with van der Waals surface area (Å²) < 4.78 is 1.90. The maximum atomic E-state index is 5.96. The van der Waals surface area contributed by atoms with Crippen LogP contribution in [0.3, 0.4) is 0 Å². The minimum Gasteiger partial charge on any atom is -0.349 e. The highest BCUT2D eigenvalue weighted by atomic mass is 15.3. The number of nitrogens with two attached hydrogens (primary N) is 1. The Bertz CT molecular complexity index is 551. The topological polar surface area (TPSA) is 72.3 Å². The summed E-state index contributed by atoms with van der Waals surface area (Å²) in [7, 11) is 0. The predicted molar refractivity (Wildman–Crippen MR) is 74.0 cm³/mol. The first-order valence-corrected chi connectivity index (χ1v) is 6.94. The maximum absolute atomic E-state index is 5.96. The van der Waals surface area contributed by atoms with Crippen molar-refractivity contribution in [3.05, 3.63) is 18.7 Å². The minimum absolute atomic E-state index is 0.356. The van der Waals surface area contributed by atoms with Crippen LogP contribution in [0.25, 0.3) is 5.65 Å². The molecule has 3 heterocycles. The van der Waals surface area contributed by atoms with Crippen LogP contribution >= 0.6 is 0 Å². The van der Waals surface area contributed by atoms with E-state index in [4.69, 9.17) is 5.73 Å². The highest BCUT2D eigenvalue weighted by Crippen LogP contribution is 2.29. The Morgan fingerprint density at radius 3 is 3.16 bits per heavy atom. The molecule has 0 aromatic carbocycles. The fourth-order valence-electron chi connectivity index (χ4n) is 2.96. The molecule has 3 rings (SSSR count). The van der Waals surface area contributed by atoms with Crippen LogP contribution in [0.15, 0.2) is 18.7 Å². The number of rotatable bonds is 3. The van der Waals surface area contributed by atoms with Crippen LogP contribution in [0.1, 0.15) is 26.2 Å². The lowest BCUT2D eigenvalue weighted by molar-refractivity contribution is 0.334. The van der Waals surface area contributed by atoms with Gasteiger partial charge in [0.2, 0.25) is 5.65 Å². The second-order valence-electron chi connectivity index (χ2n) is 5.19. The van der Waals surface area contributed by atoms with Crippen LogP contribution in [0.4, 0.5) is 5.82 Å². The molecule has 6 nitrogen and oxygen atoms in total. The largest absolute Gasteiger partial charge is 0.349 e. The molecule has 2 aromatic heterocycles. The van der Waals surface area contributed by atoms with Gasteiger partial charge in [-0.25, -0.2) is 4.98 Å². The van der Waals surface area contributed by atoms with Crippen LogP contribution in [0, 0.1) is 5.92 Å². The van der Waals surface area contributed by atoms with Crippen LogP contribution in [-0.2, 0) is 0 Å². The van der Waals surface area contributed by atoms with Gasteiger partial charge in [0.05, 0.1) is 0 Å². The van der Waals surface area contributed by atoms with Crippen LogP contribution in [0.5, 0.6) is 0 Å². The first-order chi connectivity index (χ1) is 9.33. The second-order valence-corrected chi connectivity index (χ2v) is 5.19. The van der Waals surface area contributed by atoms with Crippen molar-refractivity contribution in [3.63, 3.8) is 0 Å². The number of piperidine rings is 1. The average molecular weight is 260 g/mol. The maximum Gasteiger partial charge on any atom is 0.203 e. The highest BCUT2D eigenvalue weighted by Gasteiger charge is 2.29. The third-order valence-electron chi connectivity index (χ3n) is 4.14. The SMILES string of the molecule is CCC1CCN(c2nccn3cnnc23)C(CN)C1. The average Bonchev–Trinajstić information content (AvgIpc) is 2.95. The van der Waals surface area contributed by atoms with E-state index < -0.39 is 0 Å². The number of nitrogens with zero attached hydrogens (tertiary/aromatic N) is 5. The lowest BCUT2D eigenvalue weighted by Gasteiger charge is -2.39. The molecule has 2 atom stereocenters. The number of hydrogen-bond acceptors (Lipinski definition) is 5.